The second-order valence-electron chi connectivity index (χ2n) is 2.91. The van der Waals surface area contributed by atoms with Crippen molar-refractivity contribution in [1.29, 1.82) is 0 Å². The minimum Gasteiger partial charge on any atom is -0.390 e. The van der Waals surface area contributed by atoms with Crippen molar-refractivity contribution in [2.75, 3.05) is 0 Å². The molecule has 0 aromatic carbocycles. The van der Waals surface area contributed by atoms with Crippen LogP contribution in [0.4, 0.5) is 0 Å². The third-order valence-corrected chi connectivity index (χ3v) is 2.34. The highest BCUT2D eigenvalue weighted by molar-refractivity contribution is 6.26. The van der Waals surface area contributed by atoms with Gasteiger partial charge in [-0.05, 0) is 19.3 Å². The van der Waals surface area contributed by atoms with Crippen molar-refractivity contribution in [3.63, 3.8) is 0 Å². The van der Waals surface area contributed by atoms with E-state index < -0.39 is 0 Å². The lowest BCUT2D eigenvalue weighted by Crippen LogP contribution is -2.68. The summed E-state index contributed by atoms with van der Waals surface area (Å²) in [5.74, 6) is 0. The summed E-state index contributed by atoms with van der Waals surface area (Å²) in [6.45, 7) is 0. The molecule has 0 aromatic heterocycles. The Labute approximate surface area is 47.3 Å². The average Bonchev–Trinajstić information content (AvgIpc) is 1.27. The van der Waals surface area contributed by atoms with Gasteiger partial charge in [0.05, 0.1) is 10.5 Å². The van der Waals surface area contributed by atoms with Gasteiger partial charge in [0.1, 0.15) is 0 Å². The van der Waals surface area contributed by atoms with Crippen LogP contribution in [0.1, 0.15) is 19.3 Å². The van der Waals surface area contributed by atoms with Crippen LogP contribution in [0.3, 0.4) is 0 Å². The molecule has 1 N–H and O–H groups in total. The Bertz CT molecular complexity index is 89.5. The molecule has 3 saturated carbocycles. The first kappa shape index (κ1) is 4.16. The molecule has 7 heavy (non-hydrogen) atoms. The van der Waals surface area contributed by atoms with Crippen LogP contribution in [0.15, 0.2) is 0 Å². The van der Waals surface area contributed by atoms with Crippen LogP contribution < -0.4 is 0 Å². The fourth-order valence-corrected chi connectivity index (χ4v) is 2.36. The molecule has 0 unspecified atom stereocenters. The van der Waals surface area contributed by atoms with Crippen LogP contribution in [-0.2, 0) is 0 Å². The number of halogens is 1. The third kappa shape index (κ3) is 0.339. The van der Waals surface area contributed by atoms with Gasteiger partial charge in [-0.1, -0.05) is 0 Å². The maximum atomic E-state index is 9.06. The van der Waals surface area contributed by atoms with Gasteiger partial charge in [0.25, 0.3) is 0 Å². The lowest BCUT2D eigenvalue weighted by Gasteiger charge is -2.64. The molecule has 3 fully saturated rings. The van der Waals surface area contributed by atoms with Crippen LogP contribution in [-0.4, -0.2) is 15.6 Å². The van der Waals surface area contributed by atoms with E-state index in [0.29, 0.717) is 0 Å². The van der Waals surface area contributed by atoms with Crippen LogP contribution in [0.2, 0.25) is 0 Å². The molecule has 0 aromatic rings. The highest BCUT2D eigenvalue weighted by atomic mass is 35.5. The summed E-state index contributed by atoms with van der Waals surface area (Å²) in [7, 11) is 0. The van der Waals surface area contributed by atoms with E-state index in [2.05, 4.69) is 0 Å². The molecule has 2 heteroatoms. The van der Waals surface area contributed by atoms with Gasteiger partial charge in [-0.2, -0.15) is 0 Å². The number of hydrogen-bond donors (Lipinski definition) is 1. The summed E-state index contributed by atoms with van der Waals surface area (Å²) < 4.78 is 0. The van der Waals surface area contributed by atoms with Gasteiger partial charge in [-0.3, -0.25) is 0 Å². The van der Waals surface area contributed by atoms with Gasteiger partial charge in [-0.25, -0.2) is 0 Å². The molecular weight excluding hydrogens is 112 g/mol. The predicted octanol–water partition coefficient (Wildman–Crippen LogP) is 0.893. The second-order valence-corrected chi connectivity index (χ2v) is 3.71. The summed E-state index contributed by atoms with van der Waals surface area (Å²) in [5, 5.41) is 9.06. The topological polar surface area (TPSA) is 20.2 Å². The van der Waals surface area contributed by atoms with E-state index in [1.165, 1.54) is 0 Å². The van der Waals surface area contributed by atoms with E-state index in [9.17, 15) is 0 Å². The van der Waals surface area contributed by atoms with Crippen molar-refractivity contribution in [1.82, 2.24) is 0 Å². The van der Waals surface area contributed by atoms with Gasteiger partial charge < -0.3 is 5.11 Å². The monoisotopic (exact) mass is 118 g/mol. The Balaban J connectivity index is 2.16. The zero-order chi connectivity index (χ0) is 5.12. The normalized spacial score (nSPS) is 66.0. The Morgan fingerprint density at radius 1 is 1.29 bits per heavy atom. The van der Waals surface area contributed by atoms with E-state index >= 15 is 0 Å². The van der Waals surface area contributed by atoms with E-state index in [4.69, 9.17) is 16.7 Å². The molecule has 40 valence electrons. The molecule has 3 rings (SSSR count). The van der Waals surface area contributed by atoms with Gasteiger partial charge in [0.2, 0.25) is 0 Å². The fourth-order valence-electron chi connectivity index (χ4n) is 1.61. The summed E-state index contributed by atoms with van der Waals surface area (Å²) in [4.78, 5) is 0.0503. The van der Waals surface area contributed by atoms with Crippen LogP contribution in [0.25, 0.3) is 0 Å². The molecule has 0 atom stereocenters. The van der Waals surface area contributed by atoms with Crippen LogP contribution in [0, 0.1) is 0 Å². The Morgan fingerprint density at radius 2 is 1.71 bits per heavy atom. The molecule has 1 nitrogen and oxygen atoms in total. The lowest BCUT2D eigenvalue weighted by molar-refractivity contribution is -0.171. The van der Waals surface area contributed by atoms with E-state index in [1.54, 1.807) is 0 Å². The number of alkyl halides is 1. The number of rotatable bonds is 0. The zero-order valence-electron chi connectivity index (χ0n) is 3.95. The minimum absolute atomic E-state index is 0.0503. The Hall–Kier alpha value is 0.250. The third-order valence-electron chi connectivity index (χ3n) is 1.94. The highest BCUT2D eigenvalue weighted by Crippen LogP contribution is 2.64. The molecule has 0 amide bonds. The molecule has 0 radical (unpaired) electrons. The summed E-state index contributed by atoms with van der Waals surface area (Å²) >= 11 is 5.80. The molecule has 0 spiro atoms. The largest absolute Gasteiger partial charge is 0.390 e. The molecule has 3 aliphatic carbocycles. The van der Waals surface area contributed by atoms with Crippen LogP contribution >= 0.6 is 11.6 Å². The van der Waals surface area contributed by atoms with Gasteiger partial charge in [0.15, 0.2) is 0 Å². The van der Waals surface area contributed by atoms with Crippen LogP contribution in [0.5, 0.6) is 0 Å². The highest BCUT2D eigenvalue weighted by Gasteiger charge is 2.66. The molecule has 0 saturated heterocycles. The maximum absolute atomic E-state index is 9.06. The van der Waals surface area contributed by atoms with Gasteiger partial charge in [0, 0.05) is 0 Å². The van der Waals surface area contributed by atoms with Crippen molar-refractivity contribution in [2.45, 2.75) is 29.7 Å². The quantitative estimate of drug-likeness (QED) is 0.469. The van der Waals surface area contributed by atoms with Gasteiger partial charge >= 0.3 is 0 Å². The van der Waals surface area contributed by atoms with Crippen molar-refractivity contribution in [2.24, 2.45) is 0 Å². The van der Waals surface area contributed by atoms with E-state index in [-0.39, 0.29) is 10.5 Å². The number of hydrogen-bond acceptors (Lipinski definition) is 1. The van der Waals surface area contributed by atoms with Crippen molar-refractivity contribution < 1.29 is 5.11 Å². The fraction of sp³-hybridized carbons (Fsp3) is 1.00. The molecule has 3 aliphatic rings. The standard InChI is InChI=1S/C5H7ClO/c6-4-1-5(7,2-4)3-4/h7H,1-3H2. The lowest BCUT2D eigenvalue weighted by atomic mass is 9.51. The molecule has 2 bridgehead atoms. The summed E-state index contributed by atoms with van der Waals surface area (Å²) in [6, 6.07) is 0. The Morgan fingerprint density at radius 3 is 1.71 bits per heavy atom. The Kier molecular flexibility index (Phi) is 0.440. The predicted molar refractivity (Wildman–Crippen MR) is 27.4 cm³/mol. The molecular formula is C5H7ClO. The maximum Gasteiger partial charge on any atom is 0.0698 e. The second kappa shape index (κ2) is 0.741. The van der Waals surface area contributed by atoms with Crippen molar-refractivity contribution in [3.8, 4) is 0 Å². The molecule has 0 aliphatic heterocycles. The van der Waals surface area contributed by atoms with E-state index in [1.807, 2.05) is 0 Å². The first-order valence-corrected chi connectivity index (χ1v) is 2.91. The first-order chi connectivity index (χ1) is 3.12. The smallest absolute Gasteiger partial charge is 0.0698 e. The SMILES string of the molecule is OC12CC(Cl)(C1)C2. The zero-order valence-corrected chi connectivity index (χ0v) is 4.70. The first-order valence-electron chi connectivity index (χ1n) is 2.53. The summed E-state index contributed by atoms with van der Waals surface area (Å²) in [6.07, 6.45) is 2.50. The average molecular weight is 119 g/mol. The van der Waals surface area contributed by atoms with Crippen molar-refractivity contribution in [3.05, 3.63) is 0 Å². The minimum atomic E-state index is -0.304. The van der Waals surface area contributed by atoms with E-state index in [0.717, 1.165) is 19.3 Å². The number of aliphatic hydroxyl groups is 1. The molecule has 0 heterocycles. The van der Waals surface area contributed by atoms with Gasteiger partial charge in [-0.15, -0.1) is 11.6 Å². The summed E-state index contributed by atoms with van der Waals surface area (Å²) in [5.41, 5.74) is -0.304. The van der Waals surface area contributed by atoms with Crippen molar-refractivity contribution >= 4 is 11.6 Å².